The standard InChI is InChI=1S/C18H28O/c1-8-16(17(19)18(5,6)7)13-12-15(4)11-9-10-14(2)3/h10,12H,1,9,11,13H2,2-7H3/b15-12-. The molecule has 0 heterocycles. The summed E-state index contributed by atoms with van der Waals surface area (Å²) < 4.78 is 0. The second-order valence-corrected chi connectivity index (χ2v) is 6.31. The highest BCUT2D eigenvalue weighted by molar-refractivity contribution is 5.99. The number of carbonyl (C=O) groups is 1. The zero-order valence-electron chi connectivity index (χ0n) is 13.4. The Hall–Kier alpha value is -1.33. The minimum atomic E-state index is -0.357. The van der Waals surface area contributed by atoms with Crippen LogP contribution in [0.25, 0.3) is 0 Å². The summed E-state index contributed by atoms with van der Waals surface area (Å²) in [6.07, 6.45) is 7.10. The summed E-state index contributed by atoms with van der Waals surface area (Å²) in [6.45, 7) is 15.8. The normalized spacial score (nSPS) is 11.8. The summed E-state index contributed by atoms with van der Waals surface area (Å²) in [5.74, 6) is 0.135. The molecular weight excluding hydrogens is 232 g/mol. The van der Waals surface area contributed by atoms with E-state index in [1.807, 2.05) is 20.8 Å². The van der Waals surface area contributed by atoms with Crippen molar-refractivity contribution in [3.05, 3.63) is 41.2 Å². The molecule has 0 saturated carbocycles. The summed E-state index contributed by atoms with van der Waals surface area (Å²) >= 11 is 0. The Morgan fingerprint density at radius 3 is 2.16 bits per heavy atom. The summed E-state index contributed by atoms with van der Waals surface area (Å²) in [7, 11) is 0. The Labute approximate surface area is 118 Å². The molecule has 0 bridgehead atoms. The first-order valence-corrected chi connectivity index (χ1v) is 6.91. The van der Waals surface area contributed by atoms with Crippen molar-refractivity contribution in [2.45, 2.75) is 60.8 Å². The van der Waals surface area contributed by atoms with E-state index in [1.165, 1.54) is 11.1 Å². The predicted molar refractivity (Wildman–Crippen MR) is 84.2 cm³/mol. The highest BCUT2D eigenvalue weighted by atomic mass is 16.1. The van der Waals surface area contributed by atoms with Gasteiger partial charge in [0.2, 0.25) is 0 Å². The third-order valence-corrected chi connectivity index (χ3v) is 2.91. The molecule has 0 aliphatic heterocycles. The predicted octanol–water partition coefficient (Wildman–Crippen LogP) is 5.40. The number of carbonyl (C=O) groups excluding carboxylic acids is 1. The van der Waals surface area contributed by atoms with Gasteiger partial charge in [-0.05, 0) is 33.6 Å². The average Bonchev–Trinajstić information content (AvgIpc) is 2.27. The fourth-order valence-corrected chi connectivity index (χ4v) is 1.66. The number of hydrogen-bond acceptors (Lipinski definition) is 1. The van der Waals surface area contributed by atoms with E-state index < -0.39 is 0 Å². The smallest absolute Gasteiger partial charge is 0.172 e. The first kappa shape index (κ1) is 17.7. The lowest BCUT2D eigenvalue weighted by Crippen LogP contribution is -2.21. The molecule has 0 spiro atoms. The summed E-state index contributed by atoms with van der Waals surface area (Å²) in [5.41, 5.74) is 5.79. The lowest BCUT2D eigenvalue weighted by Gasteiger charge is -2.17. The van der Waals surface area contributed by atoms with Gasteiger partial charge in [0, 0.05) is 17.4 Å². The SMILES string of the molecule is C=C=C(C/C=C(/C)CCC=C(C)C)C(=O)C(C)(C)C. The van der Waals surface area contributed by atoms with E-state index >= 15 is 0 Å². The Morgan fingerprint density at radius 1 is 1.16 bits per heavy atom. The molecule has 0 rings (SSSR count). The molecule has 19 heavy (non-hydrogen) atoms. The van der Waals surface area contributed by atoms with Crippen LogP contribution in [0.3, 0.4) is 0 Å². The molecule has 0 aromatic rings. The van der Waals surface area contributed by atoms with Crippen LogP contribution >= 0.6 is 0 Å². The van der Waals surface area contributed by atoms with Crippen LogP contribution in [0.5, 0.6) is 0 Å². The van der Waals surface area contributed by atoms with Crippen molar-refractivity contribution < 1.29 is 4.79 Å². The van der Waals surface area contributed by atoms with Gasteiger partial charge in [-0.25, -0.2) is 0 Å². The summed E-state index contributed by atoms with van der Waals surface area (Å²) in [4.78, 5) is 12.1. The van der Waals surface area contributed by atoms with Gasteiger partial charge in [-0.3, -0.25) is 4.79 Å². The van der Waals surface area contributed by atoms with Crippen LogP contribution in [0.1, 0.15) is 60.8 Å². The molecule has 0 aromatic heterocycles. The number of hydrogen-bond donors (Lipinski definition) is 0. The lowest BCUT2D eigenvalue weighted by molar-refractivity contribution is -0.122. The molecule has 0 saturated heterocycles. The molecular formula is C18H28O. The zero-order valence-corrected chi connectivity index (χ0v) is 13.4. The molecule has 0 aliphatic rings. The van der Waals surface area contributed by atoms with E-state index in [0.717, 1.165) is 12.8 Å². The summed E-state index contributed by atoms with van der Waals surface area (Å²) in [5, 5.41) is 0. The Kier molecular flexibility index (Phi) is 7.41. The largest absolute Gasteiger partial charge is 0.293 e. The minimum Gasteiger partial charge on any atom is -0.293 e. The van der Waals surface area contributed by atoms with Crippen molar-refractivity contribution in [1.82, 2.24) is 0 Å². The van der Waals surface area contributed by atoms with Crippen LogP contribution < -0.4 is 0 Å². The van der Waals surface area contributed by atoms with E-state index in [0.29, 0.717) is 12.0 Å². The van der Waals surface area contributed by atoms with Crippen molar-refractivity contribution in [2.24, 2.45) is 5.41 Å². The number of ketones is 1. The maximum atomic E-state index is 12.1. The molecule has 0 aliphatic carbocycles. The van der Waals surface area contributed by atoms with Crippen LogP contribution in [0.15, 0.2) is 41.2 Å². The quantitative estimate of drug-likeness (QED) is 0.355. The van der Waals surface area contributed by atoms with Gasteiger partial charge in [-0.15, -0.1) is 5.73 Å². The average molecular weight is 260 g/mol. The molecule has 106 valence electrons. The minimum absolute atomic E-state index is 0.135. The second-order valence-electron chi connectivity index (χ2n) is 6.31. The number of allylic oxidation sites excluding steroid dienone is 5. The van der Waals surface area contributed by atoms with E-state index in [4.69, 9.17) is 0 Å². The first-order chi connectivity index (χ1) is 8.68. The Morgan fingerprint density at radius 2 is 1.74 bits per heavy atom. The van der Waals surface area contributed by atoms with Crippen LogP contribution in [0.4, 0.5) is 0 Å². The fourth-order valence-electron chi connectivity index (χ4n) is 1.66. The van der Waals surface area contributed by atoms with Gasteiger partial charge in [0.15, 0.2) is 5.78 Å². The van der Waals surface area contributed by atoms with E-state index in [1.54, 1.807) is 0 Å². The monoisotopic (exact) mass is 260 g/mol. The lowest BCUT2D eigenvalue weighted by atomic mass is 9.85. The first-order valence-electron chi connectivity index (χ1n) is 6.91. The van der Waals surface area contributed by atoms with Crippen molar-refractivity contribution in [2.75, 3.05) is 0 Å². The molecule has 0 fully saturated rings. The van der Waals surface area contributed by atoms with Crippen molar-refractivity contribution in [3.8, 4) is 0 Å². The van der Waals surface area contributed by atoms with Crippen molar-refractivity contribution in [1.29, 1.82) is 0 Å². The van der Waals surface area contributed by atoms with Crippen molar-refractivity contribution >= 4 is 5.78 Å². The molecule has 0 N–H and O–H groups in total. The highest BCUT2D eigenvalue weighted by Gasteiger charge is 2.23. The summed E-state index contributed by atoms with van der Waals surface area (Å²) in [6, 6.07) is 0. The van der Waals surface area contributed by atoms with Gasteiger partial charge in [-0.1, -0.05) is 50.6 Å². The van der Waals surface area contributed by atoms with Crippen molar-refractivity contribution in [3.63, 3.8) is 0 Å². The molecule has 0 radical (unpaired) electrons. The maximum Gasteiger partial charge on any atom is 0.172 e. The van der Waals surface area contributed by atoms with E-state index in [9.17, 15) is 4.79 Å². The number of Topliss-reactive ketones (excluding diaryl/α,β-unsaturated/α-hetero) is 1. The molecule has 0 atom stereocenters. The number of rotatable bonds is 6. The molecule has 0 aromatic carbocycles. The van der Waals surface area contributed by atoms with Crippen LogP contribution in [0.2, 0.25) is 0 Å². The maximum absolute atomic E-state index is 12.1. The van der Waals surface area contributed by atoms with Crippen LogP contribution in [-0.4, -0.2) is 5.78 Å². The van der Waals surface area contributed by atoms with Gasteiger partial charge in [0.1, 0.15) is 0 Å². The van der Waals surface area contributed by atoms with Gasteiger partial charge < -0.3 is 0 Å². The third-order valence-electron chi connectivity index (χ3n) is 2.91. The molecule has 0 unspecified atom stereocenters. The highest BCUT2D eigenvalue weighted by Crippen LogP contribution is 2.22. The third kappa shape index (κ3) is 7.64. The van der Waals surface area contributed by atoms with Crippen LogP contribution in [0, 0.1) is 5.41 Å². The van der Waals surface area contributed by atoms with Gasteiger partial charge >= 0.3 is 0 Å². The zero-order chi connectivity index (χ0) is 15.1. The van der Waals surface area contributed by atoms with Gasteiger partial charge in [0.25, 0.3) is 0 Å². The van der Waals surface area contributed by atoms with E-state index in [2.05, 4.69) is 45.2 Å². The second kappa shape index (κ2) is 7.96. The van der Waals surface area contributed by atoms with Crippen LogP contribution in [-0.2, 0) is 4.79 Å². The molecule has 1 nitrogen and oxygen atoms in total. The molecule has 0 amide bonds. The topological polar surface area (TPSA) is 17.1 Å². The van der Waals surface area contributed by atoms with Gasteiger partial charge in [-0.2, -0.15) is 0 Å². The Balaban J connectivity index is 4.55. The van der Waals surface area contributed by atoms with E-state index in [-0.39, 0.29) is 11.2 Å². The fraction of sp³-hybridized carbons (Fsp3) is 0.556. The molecule has 1 heteroatoms. The Bertz CT molecular complexity index is 417. The van der Waals surface area contributed by atoms with Gasteiger partial charge in [0.05, 0.1) is 0 Å².